The molecule has 0 spiro atoms. The van der Waals surface area contributed by atoms with Crippen LogP contribution in [0.3, 0.4) is 0 Å². The van der Waals surface area contributed by atoms with Gasteiger partial charge in [0, 0.05) is 11.6 Å². The number of nitrogens with one attached hydrogen (secondary N) is 1. The minimum Gasteiger partial charge on any atom is -0.467 e. The summed E-state index contributed by atoms with van der Waals surface area (Å²) >= 11 is 0. The lowest BCUT2D eigenvalue weighted by molar-refractivity contribution is -0.148. The predicted molar refractivity (Wildman–Crippen MR) is 89.8 cm³/mol. The Morgan fingerprint density at radius 3 is 2.56 bits per heavy atom. The van der Waals surface area contributed by atoms with Crippen LogP contribution < -0.4 is 5.32 Å². The smallest absolute Gasteiger partial charge is 0.331 e. The van der Waals surface area contributed by atoms with Gasteiger partial charge in [-0.3, -0.25) is 4.79 Å². The maximum Gasteiger partial charge on any atom is 0.331 e. The number of rotatable bonds is 8. The van der Waals surface area contributed by atoms with E-state index in [4.69, 9.17) is 4.74 Å². The van der Waals surface area contributed by atoms with Gasteiger partial charge < -0.3 is 14.8 Å². The van der Waals surface area contributed by atoms with Gasteiger partial charge >= 0.3 is 11.9 Å². The van der Waals surface area contributed by atoms with Gasteiger partial charge in [-0.2, -0.15) is 0 Å². The quantitative estimate of drug-likeness (QED) is 0.573. The molecule has 0 saturated carbocycles. The van der Waals surface area contributed by atoms with Crippen LogP contribution in [0.15, 0.2) is 30.3 Å². The summed E-state index contributed by atoms with van der Waals surface area (Å²) in [5.74, 6) is -2.58. The topological polar surface area (TPSA) is 81.7 Å². The molecule has 0 bridgehead atoms. The number of ether oxygens (including phenoxy) is 2. The minimum absolute atomic E-state index is 0.131. The maximum absolute atomic E-state index is 13.4. The second kappa shape index (κ2) is 10.2. The Labute approximate surface area is 146 Å². The van der Waals surface area contributed by atoms with Gasteiger partial charge in [0.05, 0.1) is 7.11 Å². The van der Waals surface area contributed by atoms with Crippen molar-refractivity contribution in [3.05, 3.63) is 41.7 Å². The van der Waals surface area contributed by atoms with Gasteiger partial charge in [0.25, 0.3) is 5.91 Å². The fourth-order valence-electron chi connectivity index (χ4n) is 1.96. The fraction of sp³-hybridized carbons (Fsp3) is 0.389. The highest BCUT2D eigenvalue weighted by Crippen LogP contribution is 2.10. The van der Waals surface area contributed by atoms with E-state index in [0.717, 1.165) is 6.08 Å². The second-order valence-electron chi connectivity index (χ2n) is 5.42. The van der Waals surface area contributed by atoms with Crippen molar-refractivity contribution in [2.75, 3.05) is 13.7 Å². The van der Waals surface area contributed by atoms with Crippen LogP contribution in [-0.2, 0) is 23.9 Å². The van der Waals surface area contributed by atoms with Crippen molar-refractivity contribution in [1.82, 2.24) is 5.32 Å². The monoisotopic (exact) mass is 351 g/mol. The molecule has 0 radical (unpaired) electrons. The van der Waals surface area contributed by atoms with E-state index >= 15 is 0 Å². The number of halogens is 1. The molecule has 6 nitrogen and oxygen atoms in total. The van der Waals surface area contributed by atoms with Gasteiger partial charge in [-0.05, 0) is 18.1 Å². The van der Waals surface area contributed by atoms with E-state index in [2.05, 4.69) is 10.1 Å². The number of benzene rings is 1. The number of carbonyl (C=O) groups excluding carboxylic acids is 3. The molecule has 1 N–H and O–H groups in total. The normalized spacial score (nSPS) is 13.1. The number of amides is 1. The second-order valence-corrected chi connectivity index (χ2v) is 5.42. The molecular formula is C18H22FNO5. The van der Waals surface area contributed by atoms with E-state index in [1.807, 2.05) is 6.92 Å². The van der Waals surface area contributed by atoms with E-state index in [0.29, 0.717) is 6.42 Å². The fourth-order valence-corrected chi connectivity index (χ4v) is 1.96. The predicted octanol–water partition coefficient (Wildman–Crippen LogP) is 2.09. The third-order valence-corrected chi connectivity index (χ3v) is 3.63. The summed E-state index contributed by atoms with van der Waals surface area (Å²) in [6.07, 6.45) is 2.94. The van der Waals surface area contributed by atoms with Crippen LogP contribution in [0.2, 0.25) is 0 Å². The first kappa shape index (κ1) is 20.3. The van der Waals surface area contributed by atoms with E-state index in [-0.39, 0.29) is 11.5 Å². The number of esters is 2. The summed E-state index contributed by atoms with van der Waals surface area (Å²) in [6, 6.07) is 5.11. The molecule has 0 heterocycles. The Bertz CT molecular complexity index is 644. The van der Waals surface area contributed by atoms with Crippen molar-refractivity contribution in [3.8, 4) is 0 Å². The van der Waals surface area contributed by atoms with Crippen molar-refractivity contribution in [2.45, 2.75) is 26.3 Å². The molecule has 1 aromatic carbocycles. The van der Waals surface area contributed by atoms with Crippen LogP contribution in [-0.4, -0.2) is 37.6 Å². The first-order valence-electron chi connectivity index (χ1n) is 7.85. The minimum atomic E-state index is -0.810. The third-order valence-electron chi connectivity index (χ3n) is 3.63. The summed E-state index contributed by atoms with van der Waals surface area (Å²) in [4.78, 5) is 35.1. The lowest BCUT2D eigenvalue weighted by atomic mass is 9.99. The molecule has 2 atom stereocenters. The van der Waals surface area contributed by atoms with Crippen LogP contribution in [0.5, 0.6) is 0 Å². The Hall–Kier alpha value is -2.70. The van der Waals surface area contributed by atoms with Crippen LogP contribution in [0.25, 0.3) is 6.08 Å². The molecular weight excluding hydrogens is 329 g/mol. The van der Waals surface area contributed by atoms with Gasteiger partial charge in [-0.15, -0.1) is 0 Å². The maximum atomic E-state index is 13.4. The number of carbonyl (C=O) groups is 3. The van der Waals surface area contributed by atoms with Gasteiger partial charge in [0.15, 0.2) is 6.61 Å². The summed E-state index contributed by atoms with van der Waals surface area (Å²) < 4.78 is 22.8. The van der Waals surface area contributed by atoms with E-state index in [1.54, 1.807) is 13.0 Å². The number of methoxy groups -OCH3 is 1. The molecule has 0 aliphatic rings. The molecule has 0 fully saturated rings. The molecule has 25 heavy (non-hydrogen) atoms. The van der Waals surface area contributed by atoms with Crippen LogP contribution in [0.4, 0.5) is 4.39 Å². The molecule has 0 aliphatic carbocycles. The van der Waals surface area contributed by atoms with Crippen molar-refractivity contribution in [2.24, 2.45) is 5.92 Å². The zero-order valence-electron chi connectivity index (χ0n) is 14.5. The van der Waals surface area contributed by atoms with Gasteiger partial charge in [-0.1, -0.05) is 38.5 Å². The standard InChI is InChI=1S/C18H22FNO5/c1-4-12(2)17(18(23)24-3)20-15(21)11-25-16(22)10-9-13-7-5-6-8-14(13)19/h5-10,12,17H,4,11H2,1-3H3,(H,20,21)/b10-9+/t12-,17+/m0/s1. The lowest BCUT2D eigenvalue weighted by Crippen LogP contribution is -2.47. The highest BCUT2D eigenvalue weighted by molar-refractivity contribution is 5.90. The molecule has 0 unspecified atom stereocenters. The molecule has 0 aromatic heterocycles. The Morgan fingerprint density at radius 1 is 1.28 bits per heavy atom. The average Bonchev–Trinajstić information content (AvgIpc) is 2.62. The van der Waals surface area contributed by atoms with E-state index < -0.39 is 36.3 Å². The Morgan fingerprint density at radius 2 is 1.96 bits per heavy atom. The SMILES string of the molecule is CC[C@H](C)[C@@H](NC(=O)COC(=O)/C=C/c1ccccc1F)C(=O)OC. The molecule has 1 amide bonds. The average molecular weight is 351 g/mol. The van der Waals surface area contributed by atoms with Crippen molar-refractivity contribution in [3.63, 3.8) is 0 Å². The molecule has 136 valence electrons. The number of hydrogen-bond acceptors (Lipinski definition) is 5. The first-order chi connectivity index (χ1) is 11.9. The molecule has 1 aromatic rings. The largest absolute Gasteiger partial charge is 0.467 e. The summed E-state index contributed by atoms with van der Waals surface area (Å²) in [5.41, 5.74) is 0.228. The van der Waals surface area contributed by atoms with Crippen LogP contribution in [0, 0.1) is 11.7 Å². The molecule has 7 heteroatoms. The van der Waals surface area contributed by atoms with Gasteiger partial charge in [0.2, 0.25) is 0 Å². The van der Waals surface area contributed by atoms with Gasteiger partial charge in [0.1, 0.15) is 11.9 Å². The van der Waals surface area contributed by atoms with Crippen LogP contribution in [0.1, 0.15) is 25.8 Å². The van der Waals surface area contributed by atoms with E-state index in [9.17, 15) is 18.8 Å². The lowest BCUT2D eigenvalue weighted by Gasteiger charge is -2.21. The summed E-state index contributed by atoms with van der Waals surface area (Å²) in [6.45, 7) is 3.12. The van der Waals surface area contributed by atoms with E-state index in [1.165, 1.54) is 31.4 Å². The Kier molecular flexibility index (Phi) is 8.32. The summed E-state index contributed by atoms with van der Waals surface area (Å²) in [7, 11) is 1.23. The van der Waals surface area contributed by atoms with Gasteiger partial charge in [-0.25, -0.2) is 14.0 Å². The number of hydrogen-bond donors (Lipinski definition) is 1. The zero-order valence-corrected chi connectivity index (χ0v) is 14.5. The van der Waals surface area contributed by atoms with Crippen molar-refractivity contribution >= 4 is 23.9 Å². The van der Waals surface area contributed by atoms with Crippen LogP contribution >= 0.6 is 0 Å². The first-order valence-corrected chi connectivity index (χ1v) is 7.85. The van der Waals surface area contributed by atoms with Crippen molar-refractivity contribution in [1.29, 1.82) is 0 Å². The molecule has 0 saturated heterocycles. The Balaban J connectivity index is 2.53. The summed E-state index contributed by atoms with van der Waals surface area (Å²) in [5, 5.41) is 2.48. The zero-order chi connectivity index (χ0) is 18.8. The third kappa shape index (κ3) is 6.74. The molecule has 1 rings (SSSR count). The highest BCUT2D eigenvalue weighted by Gasteiger charge is 2.26. The van der Waals surface area contributed by atoms with Crippen molar-refractivity contribution < 1.29 is 28.2 Å². The molecule has 0 aliphatic heterocycles. The highest BCUT2D eigenvalue weighted by atomic mass is 19.1.